The highest BCUT2D eigenvalue weighted by atomic mass is 32.2. The van der Waals surface area contributed by atoms with Gasteiger partial charge in [-0.2, -0.15) is 0 Å². The molecule has 10 heteroatoms. The average molecular weight is 413 g/mol. The van der Waals surface area contributed by atoms with Crippen molar-refractivity contribution in [2.45, 2.75) is 56.9 Å². The second kappa shape index (κ2) is 10.3. The number of nitrogens with zero attached hydrogens (tertiary/aromatic N) is 1. The van der Waals surface area contributed by atoms with Crippen molar-refractivity contribution in [3.05, 3.63) is 23.5 Å². The topological polar surface area (TPSA) is 127 Å². The second-order valence-corrected chi connectivity index (χ2v) is 7.83. The molecular weight excluding hydrogens is 386 g/mol. The second-order valence-electron chi connectivity index (χ2n) is 6.95. The van der Waals surface area contributed by atoms with E-state index in [9.17, 15) is 19.5 Å². The molecule has 0 aliphatic rings. The summed E-state index contributed by atoms with van der Waals surface area (Å²) in [7, 11) is 1.16. The Morgan fingerprint density at radius 3 is 2.43 bits per heavy atom. The van der Waals surface area contributed by atoms with E-state index >= 15 is 0 Å². The molecule has 28 heavy (non-hydrogen) atoms. The number of esters is 1. The summed E-state index contributed by atoms with van der Waals surface area (Å²) >= 11 is 1.39. The summed E-state index contributed by atoms with van der Waals surface area (Å²) < 4.78 is 9.75. The van der Waals surface area contributed by atoms with Crippen molar-refractivity contribution in [3.8, 4) is 0 Å². The highest BCUT2D eigenvalue weighted by Crippen LogP contribution is 2.17. The van der Waals surface area contributed by atoms with Crippen LogP contribution in [0, 0.1) is 0 Å². The van der Waals surface area contributed by atoms with E-state index in [1.165, 1.54) is 18.7 Å². The zero-order valence-electron chi connectivity index (χ0n) is 16.9. The van der Waals surface area contributed by atoms with E-state index in [0.717, 1.165) is 12.0 Å². The van der Waals surface area contributed by atoms with E-state index in [-0.39, 0.29) is 12.2 Å². The van der Waals surface area contributed by atoms with Crippen LogP contribution in [0.15, 0.2) is 17.0 Å². The molecule has 0 radical (unpaired) electrons. The molecule has 0 aromatic carbocycles. The Bertz CT molecular complexity index is 718. The van der Waals surface area contributed by atoms with Gasteiger partial charge >= 0.3 is 12.1 Å². The number of carbonyl (C=O) groups excluding carboxylic acids is 3. The zero-order valence-corrected chi connectivity index (χ0v) is 17.7. The van der Waals surface area contributed by atoms with Gasteiger partial charge in [0.1, 0.15) is 11.3 Å². The number of carbonyl (C=O) groups is 3. The monoisotopic (exact) mass is 413 g/mol. The van der Waals surface area contributed by atoms with Gasteiger partial charge in [0, 0.05) is 4.90 Å². The summed E-state index contributed by atoms with van der Waals surface area (Å²) in [6, 6.07) is 2.05. The van der Waals surface area contributed by atoms with Gasteiger partial charge in [-0.05, 0) is 46.1 Å². The van der Waals surface area contributed by atoms with E-state index in [0.29, 0.717) is 5.69 Å². The number of hydrogen-bond donors (Lipinski definition) is 3. The minimum absolute atomic E-state index is 0.0439. The molecule has 0 aliphatic carbocycles. The normalized spacial score (nSPS) is 13.2. The van der Waals surface area contributed by atoms with Gasteiger partial charge in [0.15, 0.2) is 6.04 Å². The van der Waals surface area contributed by atoms with Crippen LogP contribution in [0.2, 0.25) is 0 Å². The zero-order chi connectivity index (χ0) is 21.5. The van der Waals surface area contributed by atoms with Crippen molar-refractivity contribution in [3.63, 3.8) is 0 Å². The molecule has 1 heterocycles. The van der Waals surface area contributed by atoms with Gasteiger partial charge in [-0.3, -0.25) is 4.79 Å². The molecule has 0 saturated heterocycles. The first-order valence-corrected chi connectivity index (χ1v) is 9.78. The van der Waals surface area contributed by atoms with Crippen LogP contribution in [0.25, 0.3) is 0 Å². The van der Waals surface area contributed by atoms with E-state index in [1.54, 1.807) is 32.9 Å². The van der Waals surface area contributed by atoms with Gasteiger partial charge in [0.05, 0.1) is 25.5 Å². The molecular formula is C18H27N3O6S. The van der Waals surface area contributed by atoms with Gasteiger partial charge < -0.3 is 25.2 Å². The maximum atomic E-state index is 12.5. The van der Waals surface area contributed by atoms with Crippen LogP contribution in [0.5, 0.6) is 0 Å². The van der Waals surface area contributed by atoms with Gasteiger partial charge in [-0.25, -0.2) is 14.6 Å². The van der Waals surface area contributed by atoms with Crippen molar-refractivity contribution < 1.29 is 29.0 Å². The Labute approximate surface area is 168 Å². The van der Waals surface area contributed by atoms with Crippen LogP contribution in [0.1, 0.15) is 43.9 Å². The summed E-state index contributed by atoms with van der Waals surface area (Å²) in [5.74, 6) is -1.41. The molecule has 2 unspecified atom stereocenters. The van der Waals surface area contributed by atoms with Crippen molar-refractivity contribution in [1.82, 2.24) is 15.6 Å². The van der Waals surface area contributed by atoms with Gasteiger partial charge in [-0.15, -0.1) is 11.8 Å². The van der Waals surface area contributed by atoms with E-state index in [4.69, 9.17) is 4.74 Å². The standard InChI is InChI=1S/C18H27N3O6S/c1-10(22)14(16(24)26-5)21-15(23)13-8-12(28-6)7-11(20-13)9-19-17(25)27-18(2,3)4/h7-8,10,14,22H,9H2,1-6H3,(H,19,25)(H,21,23). The molecule has 1 aromatic heterocycles. The summed E-state index contributed by atoms with van der Waals surface area (Å²) in [4.78, 5) is 41.0. The summed E-state index contributed by atoms with van der Waals surface area (Å²) in [5, 5.41) is 14.7. The average Bonchev–Trinajstić information content (AvgIpc) is 2.61. The lowest BCUT2D eigenvalue weighted by molar-refractivity contribution is -0.145. The van der Waals surface area contributed by atoms with Crippen LogP contribution in [-0.4, -0.2) is 59.2 Å². The SMILES string of the molecule is COC(=O)C(NC(=O)c1cc(SC)cc(CNC(=O)OC(C)(C)C)n1)C(C)O. The third-order valence-electron chi connectivity index (χ3n) is 3.36. The number of amides is 2. The number of thioether (sulfide) groups is 1. The smallest absolute Gasteiger partial charge is 0.407 e. The lowest BCUT2D eigenvalue weighted by atomic mass is 10.1. The van der Waals surface area contributed by atoms with Crippen molar-refractivity contribution in [2.24, 2.45) is 0 Å². The quantitative estimate of drug-likeness (QED) is 0.453. The number of methoxy groups -OCH3 is 1. The number of aliphatic hydroxyl groups excluding tert-OH is 1. The molecule has 2 atom stereocenters. The fourth-order valence-electron chi connectivity index (χ4n) is 2.08. The number of hydrogen-bond acceptors (Lipinski definition) is 8. The number of aliphatic hydroxyl groups is 1. The molecule has 156 valence electrons. The fourth-order valence-corrected chi connectivity index (χ4v) is 2.56. The molecule has 0 aliphatic heterocycles. The summed E-state index contributed by atoms with van der Waals surface area (Å²) in [6.45, 7) is 6.68. The highest BCUT2D eigenvalue weighted by Gasteiger charge is 2.27. The van der Waals surface area contributed by atoms with E-state index in [2.05, 4.69) is 20.4 Å². The van der Waals surface area contributed by atoms with Crippen LogP contribution >= 0.6 is 11.8 Å². The Kier molecular flexibility index (Phi) is 8.70. The number of alkyl carbamates (subject to hydrolysis) is 1. The fraction of sp³-hybridized carbons (Fsp3) is 0.556. The maximum Gasteiger partial charge on any atom is 0.407 e. The lowest BCUT2D eigenvalue weighted by Gasteiger charge is -2.20. The molecule has 9 nitrogen and oxygen atoms in total. The van der Waals surface area contributed by atoms with Crippen LogP contribution in [0.4, 0.5) is 4.79 Å². The van der Waals surface area contributed by atoms with Gasteiger partial charge in [-0.1, -0.05) is 0 Å². The third kappa shape index (κ3) is 7.73. The first-order valence-electron chi connectivity index (χ1n) is 8.55. The molecule has 0 bridgehead atoms. The molecule has 0 spiro atoms. The predicted octanol–water partition coefficient (Wildman–Crippen LogP) is 1.48. The summed E-state index contributed by atoms with van der Waals surface area (Å²) in [6.07, 6.45) is 0.0814. The Morgan fingerprint density at radius 2 is 1.93 bits per heavy atom. The highest BCUT2D eigenvalue weighted by molar-refractivity contribution is 7.98. The molecule has 1 aromatic rings. The Balaban J connectivity index is 2.95. The largest absolute Gasteiger partial charge is 0.467 e. The third-order valence-corrected chi connectivity index (χ3v) is 4.06. The van der Waals surface area contributed by atoms with Crippen molar-refractivity contribution in [2.75, 3.05) is 13.4 Å². The number of aromatic nitrogens is 1. The first-order chi connectivity index (χ1) is 13.0. The predicted molar refractivity (Wildman–Crippen MR) is 104 cm³/mol. The minimum Gasteiger partial charge on any atom is -0.467 e. The molecule has 0 saturated carbocycles. The minimum atomic E-state index is -1.22. The number of ether oxygens (including phenoxy) is 2. The van der Waals surface area contributed by atoms with Gasteiger partial charge in [0.25, 0.3) is 5.91 Å². The van der Waals surface area contributed by atoms with Crippen LogP contribution in [0.3, 0.4) is 0 Å². The molecule has 0 fully saturated rings. The van der Waals surface area contributed by atoms with Crippen molar-refractivity contribution in [1.29, 1.82) is 0 Å². The molecule has 3 N–H and O–H groups in total. The summed E-state index contributed by atoms with van der Waals surface area (Å²) in [5.41, 5.74) is -0.148. The number of rotatable bonds is 7. The van der Waals surface area contributed by atoms with Crippen LogP contribution < -0.4 is 10.6 Å². The van der Waals surface area contributed by atoms with Crippen LogP contribution in [-0.2, 0) is 20.8 Å². The lowest BCUT2D eigenvalue weighted by Crippen LogP contribution is -2.48. The first kappa shape index (κ1) is 23.7. The van der Waals surface area contributed by atoms with E-state index < -0.39 is 35.7 Å². The number of pyridine rings is 1. The maximum absolute atomic E-state index is 12.5. The van der Waals surface area contributed by atoms with Gasteiger partial charge in [0.2, 0.25) is 0 Å². The molecule has 1 rings (SSSR count). The van der Waals surface area contributed by atoms with Crippen molar-refractivity contribution >= 4 is 29.7 Å². The Morgan fingerprint density at radius 1 is 1.29 bits per heavy atom. The Hall–Kier alpha value is -2.33. The van der Waals surface area contributed by atoms with E-state index in [1.807, 2.05) is 6.26 Å². The number of nitrogens with one attached hydrogen (secondary N) is 2. The molecule has 2 amide bonds.